The number of hydrogen-bond acceptors (Lipinski definition) is 3. The predicted octanol–water partition coefficient (Wildman–Crippen LogP) is 1.38. The maximum absolute atomic E-state index is 10.4. The third kappa shape index (κ3) is 2.14. The monoisotopic (exact) mass is 212 g/mol. The Kier molecular flexibility index (Phi) is 3.71. The number of methoxy groups -OCH3 is 2. The maximum Gasteiger partial charge on any atom is 0.127 e. The van der Waals surface area contributed by atoms with Crippen molar-refractivity contribution in [3.63, 3.8) is 0 Å². The molecule has 4 heteroatoms. The third-order valence-electron chi connectivity index (χ3n) is 1.92. The highest BCUT2D eigenvalue weighted by molar-refractivity contribution is 7.65. The van der Waals surface area contributed by atoms with Crippen molar-refractivity contribution in [3.05, 3.63) is 23.3 Å². The van der Waals surface area contributed by atoms with E-state index in [0.29, 0.717) is 17.0 Å². The lowest BCUT2D eigenvalue weighted by Gasteiger charge is -2.09. The second kappa shape index (κ2) is 4.81. The van der Waals surface area contributed by atoms with Crippen LogP contribution in [0.2, 0.25) is 0 Å². The second-order valence-corrected chi connectivity index (χ2v) is 3.21. The van der Waals surface area contributed by atoms with Gasteiger partial charge in [0.25, 0.3) is 0 Å². The van der Waals surface area contributed by atoms with E-state index in [1.807, 2.05) is 13.0 Å². The molecule has 14 heavy (non-hydrogen) atoms. The van der Waals surface area contributed by atoms with Crippen LogP contribution >= 0.6 is 0 Å². The van der Waals surface area contributed by atoms with Crippen molar-refractivity contribution in [1.82, 2.24) is 0 Å². The van der Waals surface area contributed by atoms with Gasteiger partial charge in [0, 0.05) is 10.9 Å². The lowest BCUT2D eigenvalue weighted by molar-refractivity contribution is 0.400. The van der Waals surface area contributed by atoms with Gasteiger partial charge in [-0.15, -0.1) is 0 Å². The molecule has 0 N–H and O–H groups in total. The fourth-order valence-electron chi connectivity index (χ4n) is 1.22. The lowest BCUT2D eigenvalue weighted by atomic mass is 10.1. The van der Waals surface area contributed by atoms with Gasteiger partial charge in [-0.3, -0.25) is 0 Å². The van der Waals surface area contributed by atoms with Gasteiger partial charge in [-0.2, -0.15) is 0 Å². The molecule has 0 unspecified atom stereocenters. The van der Waals surface area contributed by atoms with Crippen LogP contribution < -0.4 is 9.47 Å². The average molecular weight is 212 g/mol. The van der Waals surface area contributed by atoms with E-state index in [1.165, 1.54) is 5.37 Å². The van der Waals surface area contributed by atoms with Gasteiger partial charge in [-0.05, 0) is 24.6 Å². The van der Waals surface area contributed by atoms with E-state index >= 15 is 0 Å². The summed E-state index contributed by atoms with van der Waals surface area (Å²) in [5, 5.41) is 1.49. The topological polar surface area (TPSA) is 35.5 Å². The molecule has 0 fully saturated rings. The van der Waals surface area contributed by atoms with E-state index in [9.17, 15) is 4.21 Å². The van der Waals surface area contributed by atoms with Crippen LogP contribution in [0.15, 0.2) is 12.1 Å². The zero-order chi connectivity index (χ0) is 10.6. The number of rotatable bonds is 3. The van der Waals surface area contributed by atoms with Crippen LogP contribution in [-0.2, 0) is 11.3 Å². The lowest BCUT2D eigenvalue weighted by Crippen LogP contribution is -1.95. The quantitative estimate of drug-likeness (QED) is 0.710. The molecule has 1 aromatic rings. The van der Waals surface area contributed by atoms with Gasteiger partial charge in [-0.1, -0.05) is 0 Å². The van der Waals surface area contributed by atoms with E-state index in [-0.39, 0.29) is 0 Å². The summed E-state index contributed by atoms with van der Waals surface area (Å²) in [6, 6.07) is 3.64. The molecule has 0 aliphatic carbocycles. The van der Waals surface area contributed by atoms with Crippen LogP contribution in [0.5, 0.6) is 11.5 Å². The van der Waals surface area contributed by atoms with Gasteiger partial charge in [0.05, 0.1) is 25.5 Å². The molecular formula is C10H12O3S. The maximum atomic E-state index is 10.4. The Morgan fingerprint density at radius 3 is 2.36 bits per heavy atom. The number of ether oxygens (including phenoxy) is 2. The highest BCUT2D eigenvalue weighted by atomic mass is 32.1. The summed E-state index contributed by atoms with van der Waals surface area (Å²) in [5.74, 6) is 1.44. The number of benzene rings is 1. The van der Waals surface area contributed by atoms with Crippen molar-refractivity contribution in [2.75, 3.05) is 14.2 Å². The minimum Gasteiger partial charge on any atom is -0.496 e. The van der Waals surface area contributed by atoms with Crippen LogP contribution in [0.1, 0.15) is 11.1 Å². The van der Waals surface area contributed by atoms with Gasteiger partial charge in [0.1, 0.15) is 11.5 Å². The minimum absolute atomic E-state index is 0.399. The van der Waals surface area contributed by atoms with Crippen molar-refractivity contribution in [3.8, 4) is 11.5 Å². The summed E-state index contributed by atoms with van der Waals surface area (Å²) < 4.78 is 20.7. The molecule has 0 atom stereocenters. The molecule has 0 heterocycles. The van der Waals surface area contributed by atoms with Crippen LogP contribution in [0, 0.1) is 6.92 Å². The molecule has 3 nitrogen and oxygen atoms in total. The van der Waals surface area contributed by atoms with Gasteiger partial charge in [-0.25, -0.2) is 4.21 Å². The standard InChI is InChI=1S/C10H12O3S/c1-7-4-10(13-3)8(6-14-11)5-9(7)12-2/h4-6H,1-3H3. The molecule has 0 saturated heterocycles. The molecule has 0 bridgehead atoms. The first-order chi connectivity index (χ1) is 6.72. The summed E-state index contributed by atoms with van der Waals surface area (Å²) in [6.45, 7) is 1.93. The van der Waals surface area contributed by atoms with Crippen LogP contribution in [0.4, 0.5) is 0 Å². The molecule has 0 aliphatic heterocycles. The third-order valence-corrected chi connectivity index (χ3v) is 2.27. The van der Waals surface area contributed by atoms with Crippen LogP contribution in [0.25, 0.3) is 0 Å². The Morgan fingerprint density at radius 1 is 1.21 bits per heavy atom. The molecule has 0 aliphatic rings. The summed E-state index contributed by atoms with van der Waals surface area (Å²) in [6.07, 6.45) is 0. The predicted molar refractivity (Wildman–Crippen MR) is 57.6 cm³/mol. The minimum atomic E-state index is 0.399. The molecule has 0 amide bonds. The Morgan fingerprint density at radius 2 is 1.86 bits per heavy atom. The molecular weight excluding hydrogens is 200 g/mol. The first-order valence-electron chi connectivity index (χ1n) is 4.07. The first-order valence-corrected chi connectivity index (χ1v) is 4.88. The Bertz CT molecular complexity index is 381. The van der Waals surface area contributed by atoms with Crippen LogP contribution in [0.3, 0.4) is 0 Å². The van der Waals surface area contributed by atoms with E-state index in [2.05, 4.69) is 0 Å². The highest BCUT2D eigenvalue weighted by Crippen LogP contribution is 2.26. The van der Waals surface area contributed by atoms with Crippen molar-refractivity contribution < 1.29 is 13.7 Å². The van der Waals surface area contributed by atoms with E-state index in [4.69, 9.17) is 9.47 Å². The highest BCUT2D eigenvalue weighted by Gasteiger charge is 2.06. The molecule has 0 aromatic heterocycles. The molecule has 0 saturated carbocycles. The fourth-order valence-corrected chi connectivity index (χ4v) is 1.51. The van der Waals surface area contributed by atoms with Gasteiger partial charge >= 0.3 is 0 Å². The first kappa shape index (κ1) is 10.8. The Hall–Kier alpha value is -1.29. The Labute approximate surface area is 86.7 Å². The number of hydrogen-bond donors (Lipinski definition) is 0. The fraction of sp³-hybridized carbons (Fsp3) is 0.300. The van der Waals surface area contributed by atoms with E-state index in [0.717, 1.165) is 16.9 Å². The zero-order valence-corrected chi connectivity index (χ0v) is 9.18. The molecule has 1 aromatic carbocycles. The normalized spacial score (nSPS) is 9.36. The van der Waals surface area contributed by atoms with Crippen molar-refractivity contribution in [2.24, 2.45) is 0 Å². The number of aryl methyl sites for hydroxylation is 1. The second-order valence-electron chi connectivity index (χ2n) is 2.78. The molecule has 0 spiro atoms. The van der Waals surface area contributed by atoms with E-state index in [1.54, 1.807) is 20.3 Å². The van der Waals surface area contributed by atoms with Crippen molar-refractivity contribution >= 4 is 16.6 Å². The summed E-state index contributed by atoms with van der Waals surface area (Å²) in [7, 11) is 3.18. The summed E-state index contributed by atoms with van der Waals surface area (Å²) >= 11 is 0.399. The largest absolute Gasteiger partial charge is 0.496 e. The zero-order valence-electron chi connectivity index (χ0n) is 8.37. The van der Waals surface area contributed by atoms with Crippen molar-refractivity contribution in [1.29, 1.82) is 0 Å². The molecule has 1 rings (SSSR count). The van der Waals surface area contributed by atoms with Gasteiger partial charge in [0.2, 0.25) is 0 Å². The SMILES string of the molecule is COc1cc(C=S=O)c(OC)cc1C. The summed E-state index contributed by atoms with van der Waals surface area (Å²) in [4.78, 5) is 0. The van der Waals surface area contributed by atoms with Gasteiger partial charge in [0.15, 0.2) is 0 Å². The summed E-state index contributed by atoms with van der Waals surface area (Å²) in [5.41, 5.74) is 1.73. The van der Waals surface area contributed by atoms with Crippen LogP contribution in [-0.4, -0.2) is 23.8 Å². The molecule has 0 radical (unpaired) electrons. The van der Waals surface area contributed by atoms with E-state index < -0.39 is 0 Å². The van der Waals surface area contributed by atoms with Gasteiger partial charge < -0.3 is 9.47 Å². The average Bonchev–Trinajstić information content (AvgIpc) is 2.20. The molecule has 76 valence electrons. The smallest absolute Gasteiger partial charge is 0.127 e. The van der Waals surface area contributed by atoms with Crippen molar-refractivity contribution in [2.45, 2.75) is 6.92 Å². The Balaban J connectivity index is 3.31.